The van der Waals surface area contributed by atoms with E-state index in [-0.39, 0.29) is 5.02 Å². The van der Waals surface area contributed by atoms with Crippen molar-refractivity contribution in [2.75, 3.05) is 0 Å². The standard InChI is InChI=1S/C14H9Cl2FO/c15-11-3-1-2-9(6-11)12(8-18)10-4-5-13(16)14(17)7-10/h1-8,12H. The van der Waals surface area contributed by atoms with Crippen molar-refractivity contribution in [3.63, 3.8) is 0 Å². The van der Waals surface area contributed by atoms with Crippen molar-refractivity contribution in [3.05, 3.63) is 69.5 Å². The van der Waals surface area contributed by atoms with Gasteiger partial charge >= 0.3 is 0 Å². The summed E-state index contributed by atoms with van der Waals surface area (Å²) < 4.78 is 13.4. The molecule has 2 aromatic rings. The van der Waals surface area contributed by atoms with Crippen LogP contribution in [0, 0.1) is 5.82 Å². The number of carbonyl (C=O) groups is 1. The number of hydrogen-bond donors (Lipinski definition) is 0. The van der Waals surface area contributed by atoms with Crippen LogP contribution in [0.2, 0.25) is 10.0 Å². The Hall–Kier alpha value is -1.38. The summed E-state index contributed by atoms with van der Waals surface area (Å²) >= 11 is 11.5. The van der Waals surface area contributed by atoms with Gasteiger partial charge in [-0.15, -0.1) is 0 Å². The van der Waals surface area contributed by atoms with Gasteiger partial charge in [0.05, 0.1) is 10.9 Å². The third-order valence-corrected chi connectivity index (χ3v) is 3.19. The molecule has 1 unspecified atom stereocenters. The van der Waals surface area contributed by atoms with E-state index in [4.69, 9.17) is 23.2 Å². The van der Waals surface area contributed by atoms with Crippen LogP contribution in [0.1, 0.15) is 17.0 Å². The Labute approximate surface area is 114 Å². The fourth-order valence-electron chi connectivity index (χ4n) is 1.76. The van der Waals surface area contributed by atoms with E-state index in [1.165, 1.54) is 12.1 Å². The zero-order valence-corrected chi connectivity index (χ0v) is 10.8. The molecule has 0 aliphatic carbocycles. The number of rotatable bonds is 3. The Morgan fingerprint density at radius 3 is 2.39 bits per heavy atom. The molecule has 4 heteroatoms. The van der Waals surface area contributed by atoms with Crippen molar-refractivity contribution in [2.24, 2.45) is 0 Å². The van der Waals surface area contributed by atoms with Gasteiger partial charge in [0.15, 0.2) is 0 Å². The molecule has 18 heavy (non-hydrogen) atoms. The minimum absolute atomic E-state index is 0.0366. The van der Waals surface area contributed by atoms with E-state index in [9.17, 15) is 9.18 Å². The molecule has 0 spiro atoms. The first-order valence-electron chi connectivity index (χ1n) is 5.27. The second kappa shape index (κ2) is 5.51. The molecular weight excluding hydrogens is 274 g/mol. The summed E-state index contributed by atoms with van der Waals surface area (Å²) in [5.41, 5.74) is 1.27. The van der Waals surface area contributed by atoms with Crippen LogP contribution in [0.5, 0.6) is 0 Å². The van der Waals surface area contributed by atoms with Crippen molar-refractivity contribution in [1.82, 2.24) is 0 Å². The maximum absolute atomic E-state index is 13.4. The lowest BCUT2D eigenvalue weighted by Gasteiger charge is -2.12. The van der Waals surface area contributed by atoms with Crippen LogP contribution < -0.4 is 0 Å². The average molecular weight is 283 g/mol. The zero-order chi connectivity index (χ0) is 13.1. The van der Waals surface area contributed by atoms with Crippen molar-refractivity contribution in [1.29, 1.82) is 0 Å². The first-order valence-corrected chi connectivity index (χ1v) is 6.03. The molecule has 2 rings (SSSR count). The first kappa shape index (κ1) is 13.1. The maximum Gasteiger partial charge on any atom is 0.142 e. The van der Waals surface area contributed by atoms with Crippen molar-refractivity contribution >= 4 is 29.5 Å². The number of carbonyl (C=O) groups excluding carboxylic acids is 1. The molecule has 1 nitrogen and oxygen atoms in total. The largest absolute Gasteiger partial charge is 0.302 e. The van der Waals surface area contributed by atoms with Crippen LogP contribution in [-0.4, -0.2) is 6.29 Å². The number of benzene rings is 2. The molecule has 0 bridgehead atoms. The average Bonchev–Trinajstić information content (AvgIpc) is 2.35. The smallest absolute Gasteiger partial charge is 0.142 e. The molecule has 0 fully saturated rings. The van der Waals surface area contributed by atoms with Crippen LogP contribution in [0.15, 0.2) is 42.5 Å². The summed E-state index contributed by atoms with van der Waals surface area (Å²) in [5, 5.41) is 0.572. The fraction of sp³-hybridized carbons (Fsp3) is 0.0714. The lowest BCUT2D eigenvalue weighted by molar-refractivity contribution is -0.108. The lowest BCUT2D eigenvalue weighted by atomic mass is 9.93. The van der Waals surface area contributed by atoms with Gasteiger partial charge in [-0.05, 0) is 35.4 Å². The van der Waals surface area contributed by atoms with Crippen molar-refractivity contribution in [2.45, 2.75) is 5.92 Å². The molecule has 0 saturated heterocycles. The van der Waals surface area contributed by atoms with Gasteiger partial charge < -0.3 is 4.79 Å². The summed E-state index contributed by atoms with van der Waals surface area (Å²) in [6, 6.07) is 11.3. The Morgan fingerprint density at radius 1 is 1.06 bits per heavy atom. The van der Waals surface area contributed by atoms with Crippen LogP contribution in [0.25, 0.3) is 0 Å². The first-order chi connectivity index (χ1) is 8.61. The molecular formula is C14H9Cl2FO. The maximum atomic E-state index is 13.4. The van der Waals surface area contributed by atoms with Crippen LogP contribution in [-0.2, 0) is 4.79 Å². The van der Waals surface area contributed by atoms with E-state index >= 15 is 0 Å². The quantitative estimate of drug-likeness (QED) is 0.760. The summed E-state index contributed by atoms with van der Waals surface area (Å²) in [7, 11) is 0. The molecule has 0 N–H and O–H groups in total. The highest BCUT2D eigenvalue weighted by Gasteiger charge is 2.15. The zero-order valence-electron chi connectivity index (χ0n) is 9.24. The topological polar surface area (TPSA) is 17.1 Å². The van der Waals surface area contributed by atoms with Gasteiger partial charge in [0.2, 0.25) is 0 Å². The Bertz CT molecular complexity index is 584. The molecule has 0 amide bonds. The van der Waals surface area contributed by atoms with E-state index in [1.54, 1.807) is 30.3 Å². The normalized spacial score (nSPS) is 12.2. The van der Waals surface area contributed by atoms with Gasteiger partial charge in [-0.3, -0.25) is 0 Å². The van der Waals surface area contributed by atoms with Gasteiger partial charge in [-0.2, -0.15) is 0 Å². The van der Waals surface area contributed by atoms with Crippen LogP contribution in [0.4, 0.5) is 4.39 Å². The van der Waals surface area contributed by atoms with Gasteiger partial charge in [0, 0.05) is 5.02 Å². The molecule has 2 aromatic carbocycles. The third kappa shape index (κ3) is 2.71. The van der Waals surface area contributed by atoms with Crippen molar-refractivity contribution in [3.8, 4) is 0 Å². The molecule has 1 atom stereocenters. The van der Waals surface area contributed by atoms with Crippen LogP contribution in [0.3, 0.4) is 0 Å². The Balaban J connectivity index is 2.45. The second-order valence-electron chi connectivity index (χ2n) is 3.84. The highest BCUT2D eigenvalue weighted by molar-refractivity contribution is 6.31. The molecule has 0 radical (unpaired) electrons. The third-order valence-electron chi connectivity index (χ3n) is 2.65. The predicted molar refractivity (Wildman–Crippen MR) is 70.8 cm³/mol. The molecule has 0 saturated carbocycles. The summed E-state index contributed by atoms with van der Waals surface area (Å²) in [6.45, 7) is 0. The highest BCUT2D eigenvalue weighted by atomic mass is 35.5. The molecule has 0 aliphatic heterocycles. The monoisotopic (exact) mass is 282 g/mol. The van der Waals surface area contributed by atoms with Gasteiger partial charge in [-0.25, -0.2) is 4.39 Å². The lowest BCUT2D eigenvalue weighted by Crippen LogP contribution is -2.03. The number of halogens is 3. The van der Waals surface area contributed by atoms with Gasteiger partial charge in [0.25, 0.3) is 0 Å². The molecule has 0 aromatic heterocycles. The van der Waals surface area contributed by atoms with Gasteiger partial charge in [-0.1, -0.05) is 41.4 Å². The fourth-order valence-corrected chi connectivity index (χ4v) is 2.07. The molecule has 0 heterocycles. The van der Waals surface area contributed by atoms with Crippen molar-refractivity contribution < 1.29 is 9.18 Å². The van der Waals surface area contributed by atoms with Gasteiger partial charge in [0.1, 0.15) is 12.1 Å². The summed E-state index contributed by atoms with van der Waals surface area (Å²) in [5.74, 6) is -1.08. The van der Waals surface area contributed by atoms with E-state index in [2.05, 4.69) is 0 Å². The predicted octanol–water partition coefficient (Wildman–Crippen LogP) is 4.46. The number of aldehydes is 1. The van der Waals surface area contributed by atoms with E-state index in [0.717, 1.165) is 11.8 Å². The van der Waals surface area contributed by atoms with E-state index < -0.39 is 11.7 Å². The second-order valence-corrected chi connectivity index (χ2v) is 4.69. The number of hydrogen-bond acceptors (Lipinski definition) is 1. The minimum atomic E-state index is -0.546. The summed E-state index contributed by atoms with van der Waals surface area (Å²) in [6.07, 6.45) is 0.758. The van der Waals surface area contributed by atoms with E-state index in [1.807, 2.05) is 0 Å². The molecule has 92 valence electrons. The van der Waals surface area contributed by atoms with E-state index in [0.29, 0.717) is 10.6 Å². The Morgan fingerprint density at radius 2 is 1.78 bits per heavy atom. The molecule has 0 aliphatic rings. The summed E-state index contributed by atoms with van der Waals surface area (Å²) in [4.78, 5) is 11.2. The minimum Gasteiger partial charge on any atom is -0.302 e. The SMILES string of the molecule is O=CC(c1cccc(Cl)c1)c1ccc(Cl)c(F)c1. The van der Waals surface area contributed by atoms with Crippen LogP contribution >= 0.6 is 23.2 Å². The Kier molecular flexibility index (Phi) is 4.00. The highest BCUT2D eigenvalue weighted by Crippen LogP contribution is 2.27.